The van der Waals surface area contributed by atoms with Crippen molar-refractivity contribution in [2.75, 3.05) is 6.61 Å². The van der Waals surface area contributed by atoms with E-state index in [1.165, 1.54) is 6.26 Å². The summed E-state index contributed by atoms with van der Waals surface area (Å²) in [6, 6.07) is 10.6. The van der Waals surface area contributed by atoms with Gasteiger partial charge in [-0.2, -0.15) is 0 Å². The zero-order chi connectivity index (χ0) is 13.9. The van der Waals surface area contributed by atoms with Crippen LogP contribution in [0.25, 0.3) is 0 Å². The summed E-state index contributed by atoms with van der Waals surface area (Å²) < 4.78 is 16.5. The Balaban J connectivity index is 1.64. The molecule has 0 radical (unpaired) electrons. The number of fused-ring (bicyclic) bond motifs is 1. The van der Waals surface area contributed by atoms with Crippen molar-refractivity contribution in [1.29, 1.82) is 0 Å². The number of ether oxygens (including phenoxy) is 2. The number of furan rings is 1. The minimum atomic E-state index is -0.259. The lowest BCUT2D eigenvalue weighted by Gasteiger charge is -2.30. The monoisotopic (exact) mass is 273 g/mol. The first-order valence-electron chi connectivity index (χ1n) is 6.47. The van der Waals surface area contributed by atoms with Gasteiger partial charge in [0, 0.05) is 0 Å². The molecule has 0 spiro atoms. The molecule has 2 aromatic rings. The molecule has 2 heterocycles. The number of rotatable bonds is 3. The van der Waals surface area contributed by atoms with E-state index in [9.17, 15) is 4.79 Å². The van der Waals surface area contributed by atoms with Gasteiger partial charge in [-0.1, -0.05) is 12.1 Å². The molecule has 1 aromatic carbocycles. The Labute approximate surface area is 116 Å². The predicted octanol–water partition coefficient (Wildman–Crippen LogP) is 2.24. The van der Waals surface area contributed by atoms with Gasteiger partial charge in [-0.15, -0.1) is 0 Å². The maximum Gasteiger partial charge on any atom is 0.287 e. The van der Waals surface area contributed by atoms with Crippen LogP contribution >= 0.6 is 0 Å². The lowest BCUT2D eigenvalue weighted by atomic mass is 10.1. The number of amides is 1. The van der Waals surface area contributed by atoms with Crippen LogP contribution in [0.4, 0.5) is 0 Å². The van der Waals surface area contributed by atoms with Crippen molar-refractivity contribution in [1.82, 2.24) is 5.32 Å². The number of benzene rings is 1. The van der Waals surface area contributed by atoms with Crippen molar-refractivity contribution in [2.24, 2.45) is 0 Å². The van der Waals surface area contributed by atoms with Gasteiger partial charge in [0.15, 0.2) is 23.4 Å². The zero-order valence-corrected chi connectivity index (χ0v) is 11.0. The fourth-order valence-corrected chi connectivity index (χ4v) is 2.06. The van der Waals surface area contributed by atoms with Gasteiger partial charge in [-0.25, -0.2) is 0 Å². The van der Waals surface area contributed by atoms with Crippen LogP contribution in [0, 0.1) is 0 Å². The highest BCUT2D eigenvalue weighted by molar-refractivity contribution is 5.91. The summed E-state index contributed by atoms with van der Waals surface area (Å²) in [4.78, 5) is 11.9. The Morgan fingerprint density at radius 1 is 1.25 bits per heavy atom. The summed E-state index contributed by atoms with van der Waals surface area (Å²) >= 11 is 0. The number of hydrogen-bond donors (Lipinski definition) is 1. The third kappa shape index (κ3) is 2.47. The van der Waals surface area contributed by atoms with Crippen LogP contribution in [0.1, 0.15) is 17.5 Å². The lowest BCUT2D eigenvalue weighted by Crippen LogP contribution is -2.48. The summed E-state index contributed by atoms with van der Waals surface area (Å²) in [5.41, 5.74) is 0. The van der Waals surface area contributed by atoms with Crippen LogP contribution in [0.3, 0.4) is 0 Å². The Kier molecular flexibility index (Phi) is 3.33. The third-order valence-corrected chi connectivity index (χ3v) is 3.19. The molecule has 104 valence electrons. The van der Waals surface area contributed by atoms with E-state index in [2.05, 4.69) is 5.32 Å². The highest BCUT2D eigenvalue weighted by Gasteiger charge is 2.27. The molecule has 2 atom stereocenters. The first-order chi connectivity index (χ1) is 9.74. The van der Waals surface area contributed by atoms with E-state index in [0.29, 0.717) is 12.4 Å². The quantitative estimate of drug-likeness (QED) is 0.931. The Bertz CT molecular complexity index is 594. The molecular weight excluding hydrogens is 258 g/mol. The topological polar surface area (TPSA) is 60.7 Å². The van der Waals surface area contributed by atoms with Crippen LogP contribution in [0.15, 0.2) is 47.1 Å². The first-order valence-corrected chi connectivity index (χ1v) is 6.47. The van der Waals surface area contributed by atoms with Crippen LogP contribution < -0.4 is 14.8 Å². The molecule has 0 saturated carbocycles. The number of nitrogens with one attached hydrogen (secondary N) is 1. The van der Waals surface area contributed by atoms with E-state index in [1.807, 2.05) is 31.2 Å². The maximum atomic E-state index is 11.9. The molecule has 0 saturated heterocycles. The number of para-hydroxylation sites is 2. The minimum Gasteiger partial charge on any atom is -0.486 e. The van der Waals surface area contributed by atoms with Crippen molar-refractivity contribution in [2.45, 2.75) is 19.1 Å². The van der Waals surface area contributed by atoms with Crippen molar-refractivity contribution in [3.63, 3.8) is 0 Å². The first kappa shape index (κ1) is 12.6. The number of carbonyl (C=O) groups excluding carboxylic acids is 1. The molecule has 1 N–H and O–H groups in total. The molecule has 0 fully saturated rings. The maximum absolute atomic E-state index is 11.9. The van der Waals surface area contributed by atoms with Gasteiger partial charge in [0.2, 0.25) is 0 Å². The predicted molar refractivity (Wildman–Crippen MR) is 72.0 cm³/mol. The molecule has 1 aliphatic heterocycles. The van der Waals surface area contributed by atoms with Crippen LogP contribution in [0.2, 0.25) is 0 Å². The molecule has 5 nitrogen and oxygen atoms in total. The molecule has 3 rings (SSSR count). The summed E-state index contributed by atoms with van der Waals surface area (Å²) in [6.07, 6.45) is 1.24. The molecular formula is C15H15NO4. The van der Waals surface area contributed by atoms with Crippen molar-refractivity contribution < 1.29 is 18.7 Å². The van der Waals surface area contributed by atoms with Crippen molar-refractivity contribution in [3.05, 3.63) is 48.4 Å². The van der Waals surface area contributed by atoms with E-state index in [0.717, 1.165) is 5.75 Å². The van der Waals surface area contributed by atoms with Gasteiger partial charge in [-0.3, -0.25) is 4.79 Å². The second kappa shape index (κ2) is 5.28. The van der Waals surface area contributed by atoms with Gasteiger partial charge in [-0.05, 0) is 31.2 Å². The Morgan fingerprint density at radius 3 is 2.80 bits per heavy atom. The van der Waals surface area contributed by atoms with Crippen LogP contribution in [-0.4, -0.2) is 24.7 Å². The van der Waals surface area contributed by atoms with E-state index in [1.54, 1.807) is 12.1 Å². The SMILES string of the molecule is C[C@H](NC(=O)c1ccco1)[C@@H]1COc2ccccc2O1. The van der Waals surface area contributed by atoms with E-state index < -0.39 is 0 Å². The molecule has 0 bridgehead atoms. The van der Waals surface area contributed by atoms with Crippen molar-refractivity contribution in [3.8, 4) is 11.5 Å². The smallest absolute Gasteiger partial charge is 0.287 e. The number of carbonyl (C=O) groups is 1. The second-order valence-electron chi connectivity index (χ2n) is 4.65. The van der Waals surface area contributed by atoms with E-state index in [4.69, 9.17) is 13.9 Å². The second-order valence-corrected chi connectivity index (χ2v) is 4.65. The van der Waals surface area contributed by atoms with Crippen LogP contribution in [0.5, 0.6) is 11.5 Å². The summed E-state index contributed by atoms with van der Waals surface area (Å²) in [5, 5.41) is 2.85. The molecule has 20 heavy (non-hydrogen) atoms. The summed E-state index contributed by atoms with van der Waals surface area (Å²) in [5.74, 6) is 1.45. The lowest BCUT2D eigenvalue weighted by molar-refractivity contribution is 0.0596. The highest BCUT2D eigenvalue weighted by Crippen LogP contribution is 2.31. The van der Waals surface area contributed by atoms with E-state index >= 15 is 0 Å². The fraction of sp³-hybridized carbons (Fsp3) is 0.267. The largest absolute Gasteiger partial charge is 0.486 e. The molecule has 1 amide bonds. The highest BCUT2D eigenvalue weighted by atomic mass is 16.6. The van der Waals surface area contributed by atoms with Gasteiger partial charge >= 0.3 is 0 Å². The summed E-state index contributed by atoms with van der Waals surface area (Å²) in [6.45, 7) is 2.28. The molecule has 0 unspecified atom stereocenters. The molecule has 1 aromatic heterocycles. The standard InChI is InChI=1S/C15H15NO4/c1-10(16-15(17)13-7-4-8-18-13)14-9-19-11-5-2-3-6-12(11)20-14/h2-8,10,14H,9H2,1H3,(H,16,17)/t10-,14-/m0/s1. The summed E-state index contributed by atoms with van der Waals surface area (Å²) in [7, 11) is 0. The zero-order valence-electron chi connectivity index (χ0n) is 11.0. The minimum absolute atomic E-state index is 0.194. The fourth-order valence-electron chi connectivity index (χ4n) is 2.06. The average molecular weight is 273 g/mol. The van der Waals surface area contributed by atoms with Gasteiger partial charge in [0.1, 0.15) is 6.61 Å². The molecule has 0 aliphatic carbocycles. The number of hydrogen-bond acceptors (Lipinski definition) is 4. The van der Waals surface area contributed by atoms with Gasteiger partial charge < -0.3 is 19.2 Å². The Hall–Kier alpha value is -2.43. The van der Waals surface area contributed by atoms with Crippen molar-refractivity contribution >= 4 is 5.91 Å². The van der Waals surface area contributed by atoms with E-state index in [-0.39, 0.29) is 23.8 Å². The van der Waals surface area contributed by atoms with Gasteiger partial charge in [0.25, 0.3) is 5.91 Å². The van der Waals surface area contributed by atoms with Crippen LogP contribution in [-0.2, 0) is 0 Å². The van der Waals surface area contributed by atoms with Gasteiger partial charge in [0.05, 0.1) is 12.3 Å². The normalized spacial score (nSPS) is 18.4. The third-order valence-electron chi connectivity index (χ3n) is 3.19. The molecule has 1 aliphatic rings. The Morgan fingerprint density at radius 2 is 2.05 bits per heavy atom. The molecule has 5 heteroatoms. The average Bonchev–Trinajstić information content (AvgIpc) is 3.01.